The third-order valence-electron chi connectivity index (χ3n) is 6.15. The Bertz CT molecular complexity index is 1100. The summed E-state index contributed by atoms with van der Waals surface area (Å²) in [5.41, 5.74) is 8.47. The van der Waals surface area contributed by atoms with Crippen molar-refractivity contribution < 1.29 is 9.32 Å². The lowest BCUT2D eigenvalue weighted by Crippen LogP contribution is -2.42. The number of hydrogen-bond donors (Lipinski definition) is 1. The van der Waals surface area contributed by atoms with E-state index in [9.17, 15) is 4.79 Å². The Morgan fingerprint density at radius 3 is 2.87 bits per heavy atom. The fraction of sp³-hybridized carbons (Fsp3) is 0.364. The van der Waals surface area contributed by atoms with Crippen LogP contribution in [0.4, 0.5) is 11.5 Å². The minimum atomic E-state index is -0.554. The second-order valence-corrected chi connectivity index (χ2v) is 7.96. The Kier molecular flexibility index (Phi) is 4.51. The first kappa shape index (κ1) is 18.7. The predicted octanol–water partition coefficient (Wildman–Crippen LogP) is 2.30. The van der Waals surface area contributed by atoms with Crippen LogP contribution in [0.25, 0.3) is 0 Å². The summed E-state index contributed by atoms with van der Waals surface area (Å²) in [5.74, 6) is 1.76. The van der Waals surface area contributed by atoms with Gasteiger partial charge in [-0.2, -0.15) is 4.98 Å². The van der Waals surface area contributed by atoms with E-state index in [1.54, 1.807) is 11.1 Å². The van der Waals surface area contributed by atoms with Crippen LogP contribution < -0.4 is 10.6 Å². The molecule has 1 spiro atoms. The molecule has 30 heavy (non-hydrogen) atoms. The van der Waals surface area contributed by atoms with E-state index in [2.05, 4.69) is 26.1 Å². The first-order valence-electron chi connectivity index (χ1n) is 10.3. The third-order valence-corrected chi connectivity index (χ3v) is 6.15. The van der Waals surface area contributed by atoms with E-state index in [1.165, 1.54) is 0 Å². The number of anilines is 2. The Balaban J connectivity index is 1.43. The molecule has 8 heteroatoms. The van der Waals surface area contributed by atoms with Crippen LogP contribution in [0.5, 0.6) is 0 Å². The van der Waals surface area contributed by atoms with E-state index >= 15 is 0 Å². The molecule has 2 aliphatic rings. The molecule has 0 radical (unpaired) electrons. The van der Waals surface area contributed by atoms with Gasteiger partial charge in [0.05, 0.1) is 5.41 Å². The Morgan fingerprint density at radius 1 is 1.20 bits per heavy atom. The van der Waals surface area contributed by atoms with Gasteiger partial charge in [0, 0.05) is 37.0 Å². The van der Waals surface area contributed by atoms with Crippen LogP contribution in [0, 0.1) is 0 Å². The molecule has 1 aromatic carbocycles. The number of amides is 1. The van der Waals surface area contributed by atoms with Crippen LogP contribution in [-0.4, -0.2) is 39.0 Å². The third kappa shape index (κ3) is 2.95. The highest BCUT2D eigenvalue weighted by molar-refractivity contribution is 6.08. The van der Waals surface area contributed by atoms with Crippen LogP contribution in [0.3, 0.4) is 0 Å². The number of carbonyl (C=O) groups is 1. The van der Waals surface area contributed by atoms with Crippen LogP contribution >= 0.6 is 0 Å². The van der Waals surface area contributed by atoms with Crippen molar-refractivity contribution in [2.75, 3.05) is 23.7 Å². The molecule has 1 atom stereocenters. The number of hydrogen-bond acceptors (Lipinski definition) is 7. The number of nitrogens with two attached hydrogens (primary N) is 1. The fourth-order valence-electron chi connectivity index (χ4n) is 4.63. The predicted molar refractivity (Wildman–Crippen MR) is 112 cm³/mol. The van der Waals surface area contributed by atoms with Gasteiger partial charge in [0.15, 0.2) is 5.82 Å². The lowest BCUT2D eigenvalue weighted by atomic mass is 9.81. The summed E-state index contributed by atoms with van der Waals surface area (Å²) in [5, 5.41) is 3.96. The fourth-order valence-corrected chi connectivity index (χ4v) is 4.63. The molecular formula is C22H24N6O2. The van der Waals surface area contributed by atoms with Gasteiger partial charge in [0.1, 0.15) is 12.4 Å². The van der Waals surface area contributed by atoms with Crippen LogP contribution in [0.2, 0.25) is 0 Å². The molecule has 1 fully saturated rings. The molecule has 1 saturated heterocycles. The molecule has 5 rings (SSSR count). The molecule has 2 aliphatic heterocycles. The van der Waals surface area contributed by atoms with Gasteiger partial charge in [-0.1, -0.05) is 36.3 Å². The van der Waals surface area contributed by atoms with E-state index in [-0.39, 0.29) is 5.91 Å². The Hall–Kier alpha value is -3.26. The highest BCUT2D eigenvalue weighted by Crippen LogP contribution is 2.48. The summed E-state index contributed by atoms with van der Waals surface area (Å²) in [6.07, 6.45) is 3.16. The van der Waals surface area contributed by atoms with Crippen LogP contribution in [-0.2, 0) is 29.7 Å². The van der Waals surface area contributed by atoms with Crippen molar-refractivity contribution in [2.24, 2.45) is 0 Å². The van der Waals surface area contributed by atoms with Crippen molar-refractivity contribution in [3.05, 3.63) is 65.4 Å². The molecule has 154 valence electrons. The average molecular weight is 404 g/mol. The molecular weight excluding hydrogens is 380 g/mol. The van der Waals surface area contributed by atoms with Gasteiger partial charge in [-0.05, 0) is 30.7 Å². The zero-order valence-electron chi connectivity index (χ0n) is 16.9. The minimum Gasteiger partial charge on any atom is -0.383 e. The highest BCUT2D eigenvalue weighted by Gasteiger charge is 2.54. The maximum Gasteiger partial charge on any atom is 0.246 e. The average Bonchev–Trinajstić information content (AvgIpc) is 3.45. The molecule has 0 saturated carbocycles. The summed E-state index contributed by atoms with van der Waals surface area (Å²) >= 11 is 0. The van der Waals surface area contributed by atoms with Crippen molar-refractivity contribution in [2.45, 2.75) is 38.3 Å². The molecule has 1 amide bonds. The number of fused-ring (bicyclic) bond motifs is 2. The number of nitrogens with zero attached hydrogens (tertiary/aromatic N) is 5. The Morgan fingerprint density at radius 2 is 2.07 bits per heavy atom. The normalized spacial score (nSPS) is 21.0. The number of benzene rings is 1. The van der Waals surface area contributed by atoms with E-state index in [1.807, 2.05) is 37.3 Å². The molecule has 8 nitrogen and oxygen atoms in total. The molecule has 2 N–H and O–H groups in total. The largest absolute Gasteiger partial charge is 0.383 e. The molecule has 0 bridgehead atoms. The summed E-state index contributed by atoms with van der Waals surface area (Å²) in [6, 6.07) is 11.9. The number of nitrogen functional groups attached to an aromatic ring is 1. The summed E-state index contributed by atoms with van der Waals surface area (Å²) in [7, 11) is 0. The van der Waals surface area contributed by atoms with Gasteiger partial charge in [-0.15, -0.1) is 0 Å². The van der Waals surface area contributed by atoms with Gasteiger partial charge >= 0.3 is 0 Å². The zero-order chi connectivity index (χ0) is 20.7. The zero-order valence-corrected chi connectivity index (χ0v) is 16.9. The number of rotatable bonds is 5. The van der Waals surface area contributed by atoms with Gasteiger partial charge < -0.3 is 15.2 Å². The first-order chi connectivity index (χ1) is 14.6. The van der Waals surface area contributed by atoms with E-state index in [0.29, 0.717) is 43.6 Å². The first-order valence-corrected chi connectivity index (χ1v) is 10.3. The van der Waals surface area contributed by atoms with Crippen molar-refractivity contribution in [1.82, 2.24) is 20.0 Å². The van der Waals surface area contributed by atoms with Gasteiger partial charge in [-0.25, -0.2) is 4.98 Å². The number of carbonyl (C=O) groups excluding carboxylic acids is 1. The van der Waals surface area contributed by atoms with Gasteiger partial charge in [-0.3, -0.25) is 9.69 Å². The molecule has 4 heterocycles. The number of para-hydroxylation sites is 1. The van der Waals surface area contributed by atoms with Gasteiger partial charge in [0.25, 0.3) is 0 Å². The quantitative estimate of drug-likeness (QED) is 0.696. The van der Waals surface area contributed by atoms with E-state index in [0.717, 1.165) is 29.8 Å². The lowest BCUT2D eigenvalue weighted by molar-refractivity contribution is -0.123. The van der Waals surface area contributed by atoms with Gasteiger partial charge in [0.2, 0.25) is 11.8 Å². The number of pyridine rings is 1. The molecule has 0 aliphatic carbocycles. The number of aromatic nitrogens is 3. The lowest BCUT2D eigenvalue weighted by Gasteiger charge is -2.24. The molecule has 2 aromatic heterocycles. The number of aryl methyl sites for hydroxylation is 1. The van der Waals surface area contributed by atoms with E-state index < -0.39 is 5.41 Å². The number of likely N-dealkylation sites (tertiary alicyclic amines) is 1. The van der Waals surface area contributed by atoms with Crippen LogP contribution in [0.1, 0.15) is 36.2 Å². The second-order valence-electron chi connectivity index (χ2n) is 7.96. The summed E-state index contributed by atoms with van der Waals surface area (Å²) in [4.78, 5) is 26.4. The molecule has 3 aromatic rings. The summed E-state index contributed by atoms with van der Waals surface area (Å²) in [6.45, 7) is 4.42. The van der Waals surface area contributed by atoms with E-state index in [4.69, 9.17) is 10.3 Å². The van der Waals surface area contributed by atoms with Crippen molar-refractivity contribution in [1.29, 1.82) is 0 Å². The molecule has 1 unspecified atom stereocenters. The van der Waals surface area contributed by atoms with Crippen molar-refractivity contribution in [3.63, 3.8) is 0 Å². The standard InChI is InChI=1S/C22H24N6O2/c1-2-18-25-19(30-26-18)13-28-17-8-4-3-7-16(17)22(21(28)29)9-11-27(14-22)12-15-6-5-10-24-20(15)23/h3-8,10H,2,9,11-14H2,1H3,(H2,23,24). The second kappa shape index (κ2) is 7.21. The summed E-state index contributed by atoms with van der Waals surface area (Å²) < 4.78 is 5.36. The highest BCUT2D eigenvalue weighted by atomic mass is 16.5. The minimum absolute atomic E-state index is 0.0987. The smallest absolute Gasteiger partial charge is 0.246 e. The van der Waals surface area contributed by atoms with Crippen molar-refractivity contribution >= 4 is 17.4 Å². The maximum absolute atomic E-state index is 13.7. The topological polar surface area (TPSA) is 101 Å². The maximum atomic E-state index is 13.7. The SMILES string of the molecule is CCc1noc(CN2C(=O)C3(CCN(Cc4cccnc4N)C3)c3ccccc32)n1. The van der Waals surface area contributed by atoms with Crippen LogP contribution in [0.15, 0.2) is 47.1 Å². The monoisotopic (exact) mass is 404 g/mol. The Labute approximate surface area is 174 Å². The van der Waals surface area contributed by atoms with Crippen molar-refractivity contribution in [3.8, 4) is 0 Å².